The Morgan fingerprint density at radius 2 is 1.89 bits per heavy atom. The van der Waals surface area contributed by atoms with Crippen LogP contribution in [-0.4, -0.2) is 58.5 Å². The van der Waals surface area contributed by atoms with E-state index in [0.29, 0.717) is 24.1 Å². The van der Waals surface area contributed by atoms with E-state index in [2.05, 4.69) is 9.97 Å². The normalized spacial score (nSPS) is 20.3. The van der Waals surface area contributed by atoms with Crippen molar-refractivity contribution in [1.29, 1.82) is 0 Å². The number of hydrogen-bond donors (Lipinski definition) is 0. The predicted molar refractivity (Wildman–Crippen MR) is 76.7 cm³/mol. The number of amides is 1. The van der Waals surface area contributed by atoms with Crippen LogP contribution in [0.5, 0.6) is 0 Å². The molecule has 0 radical (unpaired) electrons. The van der Waals surface area contributed by atoms with Gasteiger partial charge in [0.1, 0.15) is 0 Å². The lowest BCUT2D eigenvalue weighted by Gasteiger charge is -2.41. The molecule has 2 aliphatic rings. The molecule has 2 saturated heterocycles. The fourth-order valence-electron chi connectivity index (χ4n) is 2.31. The van der Waals surface area contributed by atoms with Crippen molar-refractivity contribution >= 4 is 35.2 Å². The molecular weight excluding hydrogens is 284 g/mol. The van der Waals surface area contributed by atoms with Gasteiger partial charge in [-0.2, -0.15) is 11.8 Å². The van der Waals surface area contributed by atoms with E-state index < -0.39 is 0 Å². The molecular formula is C12H15ClN4OS. The second-order valence-electron chi connectivity index (χ2n) is 4.74. The number of hydrogen-bond acceptors (Lipinski definition) is 5. The van der Waals surface area contributed by atoms with Crippen LogP contribution < -0.4 is 4.90 Å². The Kier molecular flexibility index (Phi) is 3.79. The van der Waals surface area contributed by atoms with Crippen LogP contribution in [0.3, 0.4) is 0 Å². The van der Waals surface area contributed by atoms with E-state index in [4.69, 9.17) is 11.6 Å². The molecule has 2 aliphatic heterocycles. The molecule has 1 aromatic rings. The minimum Gasteiger partial charge on any atom is -0.341 e. The van der Waals surface area contributed by atoms with Gasteiger partial charge in [-0.05, 0) is 0 Å². The summed E-state index contributed by atoms with van der Waals surface area (Å²) in [7, 11) is 0. The van der Waals surface area contributed by atoms with Gasteiger partial charge in [-0.15, -0.1) is 0 Å². The zero-order chi connectivity index (χ0) is 13.2. The molecule has 3 heterocycles. The summed E-state index contributed by atoms with van der Waals surface area (Å²) in [6.07, 6.45) is 3.17. The lowest BCUT2D eigenvalue weighted by molar-refractivity contribution is -0.135. The first-order chi connectivity index (χ1) is 9.24. The number of nitrogens with zero attached hydrogens (tertiary/aromatic N) is 4. The number of aromatic nitrogens is 2. The zero-order valence-electron chi connectivity index (χ0n) is 10.5. The van der Waals surface area contributed by atoms with Gasteiger partial charge in [-0.3, -0.25) is 4.79 Å². The van der Waals surface area contributed by atoms with Gasteiger partial charge in [0.15, 0.2) is 0 Å². The fourth-order valence-corrected chi connectivity index (χ4v) is 3.31. The van der Waals surface area contributed by atoms with Gasteiger partial charge in [-0.1, -0.05) is 11.6 Å². The molecule has 102 valence electrons. The minimum atomic E-state index is 0.0994. The number of carbonyl (C=O) groups is 1. The van der Waals surface area contributed by atoms with E-state index in [1.165, 1.54) is 0 Å². The number of halogens is 1. The highest BCUT2D eigenvalue weighted by atomic mass is 35.5. The van der Waals surface area contributed by atoms with E-state index in [0.717, 1.165) is 24.6 Å². The number of thioether (sulfide) groups is 1. The molecule has 0 aliphatic carbocycles. The molecule has 1 aromatic heterocycles. The smallest absolute Gasteiger partial charge is 0.229 e. The average Bonchev–Trinajstić information content (AvgIpc) is 2.40. The highest BCUT2D eigenvalue weighted by Gasteiger charge is 2.36. The van der Waals surface area contributed by atoms with Crippen molar-refractivity contribution in [3.05, 3.63) is 17.4 Å². The largest absolute Gasteiger partial charge is 0.341 e. The molecule has 0 saturated carbocycles. The number of anilines is 1. The number of carbonyl (C=O) groups excluding carboxylic acids is 1. The highest BCUT2D eigenvalue weighted by molar-refractivity contribution is 7.99. The summed E-state index contributed by atoms with van der Waals surface area (Å²) in [4.78, 5) is 24.6. The molecule has 19 heavy (non-hydrogen) atoms. The maximum absolute atomic E-state index is 12.2. The van der Waals surface area contributed by atoms with Crippen molar-refractivity contribution in [3.8, 4) is 0 Å². The maximum Gasteiger partial charge on any atom is 0.229 e. The molecule has 3 rings (SSSR count). The summed E-state index contributed by atoms with van der Waals surface area (Å²) in [5, 5.41) is 0.530. The number of rotatable bonds is 2. The molecule has 0 bridgehead atoms. The van der Waals surface area contributed by atoms with Crippen LogP contribution in [0.15, 0.2) is 12.4 Å². The van der Waals surface area contributed by atoms with Crippen molar-refractivity contribution in [2.75, 3.05) is 42.6 Å². The van der Waals surface area contributed by atoms with Crippen LogP contribution in [0, 0.1) is 5.92 Å². The molecule has 0 unspecified atom stereocenters. The van der Waals surface area contributed by atoms with Gasteiger partial charge < -0.3 is 9.80 Å². The van der Waals surface area contributed by atoms with E-state index >= 15 is 0 Å². The molecule has 0 atom stereocenters. The van der Waals surface area contributed by atoms with Gasteiger partial charge in [-0.25, -0.2) is 9.97 Å². The van der Waals surface area contributed by atoms with Crippen molar-refractivity contribution in [2.45, 2.75) is 0 Å². The molecule has 0 spiro atoms. The Morgan fingerprint density at radius 1 is 1.26 bits per heavy atom. The molecule has 1 amide bonds. The van der Waals surface area contributed by atoms with Gasteiger partial charge in [0.25, 0.3) is 0 Å². The third-order valence-corrected chi connectivity index (χ3v) is 4.58. The van der Waals surface area contributed by atoms with E-state index in [1.807, 2.05) is 21.6 Å². The summed E-state index contributed by atoms with van der Waals surface area (Å²) in [5.74, 6) is 3.15. The first-order valence-corrected chi connectivity index (χ1v) is 7.86. The lowest BCUT2D eigenvalue weighted by atomic mass is 9.99. The third kappa shape index (κ3) is 2.79. The van der Waals surface area contributed by atoms with Gasteiger partial charge in [0.2, 0.25) is 11.9 Å². The summed E-state index contributed by atoms with van der Waals surface area (Å²) in [6, 6.07) is 0. The van der Waals surface area contributed by atoms with Crippen LogP contribution in [0.2, 0.25) is 5.02 Å². The Labute approximate surface area is 121 Å². The van der Waals surface area contributed by atoms with Crippen molar-refractivity contribution in [3.63, 3.8) is 0 Å². The summed E-state index contributed by atoms with van der Waals surface area (Å²) in [5.41, 5.74) is 0. The van der Waals surface area contributed by atoms with Crippen LogP contribution in [0.4, 0.5) is 5.95 Å². The van der Waals surface area contributed by atoms with E-state index in [1.54, 1.807) is 12.4 Å². The first-order valence-electron chi connectivity index (χ1n) is 6.33. The van der Waals surface area contributed by atoms with E-state index in [-0.39, 0.29) is 11.8 Å². The third-order valence-electron chi connectivity index (χ3n) is 3.44. The average molecular weight is 299 g/mol. The summed E-state index contributed by atoms with van der Waals surface area (Å²) in [6.45, 7) is 3.20. The molecule has 7 heteroatoms. The van der Waals surface area contributed by atoms with Gasteiger partial charge >= 0.3 is 0 Å². The van der Waals surface area contributed by atoms with Crippen LogP contribution in [0.1, 0.15) is 0 Å². The monoisotopic (exact) mass is 298 g/mol. The van der Waals surface area contributed by atoms with Crippen molar-refractivity contribution < 1.29 is 4.79 Å². The predicted octanol–water partition coefficient (Wildman–Crippen LogP) is 1.14. The van der Waals surface area contributed by atoms with Crippen molar-refractivity contribution in [1.82, 2.24) is 14.9 Å². The van der Waals surface area contributed by atoms with Crippen LogP contribution in [0.25, 0.3) is 0 Å². The van der Waals surface area contributed by atoms with Gasteiger partial charge in [0, 0.05) is 37.7 Å². The Hall–Kier alpha value is -1.01. The molecule has 5 nitrogen and oxygen atoms in total. The Bertz CT molecular complexity index is 457. The minimum absolute atomic E-state index is 0.0994. The fraction of sp³-hybridized carbons (Fsp3) is 0.583. The van der Waals surface area contributed by atoms with Crippen LogP contribution in [-0.2, 0) is 4.79 Å². The zero-order valence-corrected chi connectivity index (χ0v) is 12.0. The van der Waals surface area contributed by atoms with Crippen molar-refractivity contribution in [2.24, 2.45) is 5.92 Å². The Balaban J connectivity index is 1.54. The highest BCUT2D eigenvalue weighted by Crippen LogP contribution is 2.24. The first kappa shape index (κ1) is 13.0. The SMILES string of the molecule is O=C(C1CN(c2ncc(Cl)cn2)C1)N1CCSCC1. The molecule has 2 fully saturated rings. The molecule has 0 aromatic carbocycles. The lowest BCUT2D eigenvalue weighted by Crippen LogP contribution is -2.56. The van der Waals surface area contributed by atoms with Crippen LogP contribution >= 0.6 is 23.4 Å². The van der Waals surface area contributed by atoms with E-state index in [9.17, 15) is 4.79 Å². The topological polar surface area (TPSA) is 49.3 Å². The second-order valence-corrected chi connectivity index (χ2v) is 6.40. The molecule has 0 N–H and O–H groups in total. The standard InChI is InChI=1S/C12H15ClN4OS/c13-10-5-14-12(15-6-10)17-7-9(8-17)11(18)16-1-3-19-4-2-16/h5-6,9H,1-4,7-8H2. The summed E-state index contributed by atoms with van der Waals surface area (Å²) < 4.78 is 0. The van der Waals surface area contributed by atoms with Gasteiger partial charge in [0.05, 0.1) is 23.3 Å². The quantitative estimate of drug-likeness (QED) is 0.819. The maximum atomic E-state index is 12.2. The Morgan fingerprint density at radius 3 is 2.53 bits per heavy atom. The summed E-state index contributed by atoms with van der Waals surface area (Å²) >= 11 is 7.67. The second kappa shape index (κ2) is 5.54.